The molecule has 0 aliphatic carbocycles. The van der Waals surface area contributed by atoms with Crippen molar-refractivity contribution in [3.05, 3.63) is 75.4 Å². The van der Waals surface area contributed by atoms with Crippen molar-refractivity contribution in [2.24, 2.45) is 0 Å². The van der Waals surface area contributed by atoms with E-state index in [1.165, 1.54) is 4.68 Å². The van der Waals surface area contributed by atoms with E-state index < -0.39 is 5.91 Å². The molecule has 128 valence electrons. The molecule has 0 unspecified atom stereocenters. The number of amides is 1. The molecule has 2 aromatic carbocycles. The Kier molecular flexibility index (Phi) is 5.21. The number of carbonyl (C=O) groups excluding carboxylic acids is 1. The lowest BCUT2D eigenvalue weighted by molar-refractivity contribution is 0.0947. The molecule has 0 atom stereocenters. The van der Waals surface area contributed by atoms with Gasteiger partial charge in [0, 0.05) is 16.6 Å². The van der Waals surface area contributed by atoms with Gasteiger partial charge in [-0.3, -0.25) is 4.79 Å². The number of nitrogens with two attached hydrogens (primary N) is 1. The zero-order valence-corrected chi connectivity index (χ0v) is 14.6. The van der Waals surface area contributed by atoms with Crippen molar-refractivity contribution in [1.29, 1.82) is 0 Å². The van der Waals surface area contributed by atoms with Gasteiger partial charge in [0.05, 0.1) is 6.54 Å². The molecule has 0 radical (unpaired) electrons. The van der Waals surface area contributed by atoms with Crippen LogP contribution in [0, 0.1) is 0 Å². The van der Waals surface area contributed by atoms with Crippen LogP contribution in [0.4, 0.5) is 5.82 Å². The summed E-state index contributed by atoms with van der Waals surface area (Å²) in [6.45, 7) is 0.603. The molecule has 0 bridgehead atoms. The van der Waals surface area contributed by atoms with Gasteiger partial charge >= 0.3 is 0 Å². The summed E-state index contributed by atoms with van der Waals surface area (Å²) >= 11 is 12.2. The van der Waals surface area contributed by atoms with E-state index in [1.54, 1.807) is 12.1 Å². The molecule has 0 saturated carbocycles. The Bertz CT molecular complexity index is 910. The lowest BCUT2D eigenvalue weighted by Crippen LogP contribution is -2.24. The molecule has 3 rings (SSSR count). The fourth-order valence-corrected chi connectivity index (χ4v) is 2.69. The van der Waals surface area contributed by atoms with Gasteiger partial charge in [0.15, 0.2) is 11.5 Å². The Morgan fingerprint density at radius 2 is 1.64 bits per heavy atom. The predicted molar refractivity (Wildman–Crippen MR) is 97.6 cm³/mol. The van der Waals surface area contributed by atoms with Crippen LogP contribution < -0.4 is 11.1 Å². The molecule has 0 aliphatic heterocycles. The van der Waals surface area contributed by atoms with E-state index >= 15 is 0 Å². The highest BCUT2D eigenvalue weighted by atomic mass is 35.5. The molecule has 3 N–H and O–H groups in total. The van der Waals surface area contributed by atoms with Crippen LogP contribution in [0.1, 0.15) is 21.6 Å². The Hall–Kier alpha value is -2.57. The molecular weight excluding hydrogens is 361 g/mol. The quantitative estimate of drug-likeness (QED) is 0.716. The third-order valence-electron chi connectivity index (χ3n) is 3.66. The molecule has 0 fully saturated rings. The minimum atomic E-state index is -0.414. The van der Waals surface area contributed by atoms with Crippen molar-refractivity contribution in [2.75, 3.05) is 5.73 Å². The van der Waals surface area contributed by atoms with E-state index in [0.29, 0.717) is 16.6 Å². The van der Waals surface area contributed by atoms with E-state index in [9.17, 15) is 4.79 Å². The Morgan fingerprint density at radius 1 is 1.04 bits per heavy atom. The van der Waals surface area contributed by atoms with Crippen molar-refractivity contribution in [2.45, 2.75) is 13.1 Å². The minimum absolute atomic E-state index is 0.0686. The topological polar surface area (TPSA) is 85.8 Å². The molecule has 1 amide bonds. The largest absolute Gasteiger partial charge is 0.382 e. The van der Waals surface area contributed by atoms with Gasteiger partial charge in [0.25, 0.3) is 5.91 Å². The molecule has 1 aromatic heterocycles. The van der Waals surface area contributed by atoms with Crippen LogP contribution in [0.5, 0.6) is 0 Å². The SMILES string of the molecule is Nc1c(C(=O)NCc2ccccc2Cl)nnn1Cc1ccccc1Cl. The standard InChI is InChI=1S/C17H15Cl2N5O/c18-13-7-3-1-5-11(13)9-21-17(25)15-16(20)24(23-22-15)10-12-6-2-4-8-14(12)19/h1-8H,9-10,20H2,(H,21,25). The van der Waals surface area contributed by atoms with E-state index in [1.807, 2.05) is 36.4 Å². The summed E-state index contributed by atoms with van der Waals surface area (Å²) in [5.74, 6) is -0.237. The zero-order valence-electron chi connectivity index (χ0n) is 13.1. The number of anilines is 1. The summed E-state index contributed by atoms with van der Waals surface area (Å²) in [5.41, 5.74) is 7.72. The summed E-state index contributed by atoms with van der Waals surface area (Å²) in [5, 5.41) is 11.7. The number of nitrogens with zero attached hydrogens (tertiary/aromatic N) is 3. The van der Waals surface area contributed by atoms with Gasteiger partial charge < -0.3 is 11.1 Å². The van der Waals surface area contributed by atoms with E-state index in [4.69, 9.17) is 28.9 Å². The Balaban J connectivity index is 1.71. The van der Waals surface area contributed by atoms with E-state index in [-0.39, 0.29) is 18.1 Å². The predicted octanol–water partition coefficient (Wildman–Crippen LogP) is 3.15. The van der Waals surface area contributed by atoms with Crippen molar-refractivity contribution < 1.29 is 4.79 Å². The minimum Gasteiger partial charge on any atom is -0.382 e. The molecular formula is C17H15Cl2N5O. The molecule has 0 saturated heterocycles. The number of benzene rings is 2. The molecule has 1 heterocycles. The van der Waals surface area contributed by atoms with Crippen LogP contribution in [0.2, 0.25) is 10.0 Å². The molecule has 0 spiro atoms. The number of aromatic nitrogens is 3. The number of hydrogen-bond acceptors (Lipinski definition) is 4. The number of nitrogens with one attached hydrogen (secondary N) is 1. The number of halogens is 2. The lowest BCUT2D eigenvalue weighted by Gasteiger charge is -2.07. The second-order valence-electron chi connectivity index (χ2n) is 5.35. The first-order chi connectivity index (χ1) is 12.1. The highest BCUT2D eigenvalue weighted by Crippen LogP contribution is 2.18. The van der Waals surface area contributed by atoms with E-state index in [2.05, 4.69) is 15.6 Å². The lowest BCUT2D eigenvalue weighted by atomic mass is 10.2. The van der Waals surface area contributed by atoms with Crippen LogP contribution in [-0.2, 0) is 13.1 Å². The van der Waals surface area contributed by atoms with Gasteiger partial charge in [-0.25, -0.2) is 4.68 Å². The summed E-state index contributed by atoms with van der Waals surface area (Å²) in [4.78, 5) is 12.3. The first-order valence-electron chi connectivity index (χ1n) is 7.50. The van der Waals surface area contributed by atoms with Crippen molar-refractivity contribution in [1.82, 2.24) is 20.3 Å². The maximum absolute atomic E-state index is 12.3. The van der Waals surface area contributed by atoms with Crippen molar-refractivity contribution >= 4 is 34.9 Å². The molecule has 0 aliphatic rings. The van der Waals surface area contributed by atoms with Crippen LogP contribution in [0.15, 0.2) is 48.5 Å². The summed E-state index contributed by atoms with van der Waals surface area (Å²) < 4.78 is 1.44. The highest BCUT2D eigenvalue weighted by Gasteiger charge is 2.18. The third kappa shape index (κ3) is 3.92. The van der Waals surface area contributed by atoms with Gasteiger partial charge in [-0.15, -0.1) is 5.10 Å². The zero-order chi connectivity index (χ0) is 17.8. The maximum atomic E-state index is 12.3. The first-order valence-corrected chi connectivity index (χ1v) is 8.26. The van der Waals surface area contributed by atoms with Gasteiger partial charge in [-0.1, -0.05) is 64.8 Å². The van der Waals surface area contributed by atoms with E-state index in [0.717, 1.165) is 11.1 Å². The van der Waals surface area contributed by atoms with Crippen molar-refractivity contribution in [3.63, 3.8) is 0 Å². The highest BCUT2D eigenvalue weighted by molar-refractivity contribution is 6.31. The average molecular weight is 376 g/mol. The molecule has 25 heavy (non-hydrogen) atoms. The van der Waals surface area contributed by atoms with Crippen LogP contribution in [0.3, 0.4) is 0 Å². The monoisotopic (exact) mass is 375 g/mol. The van der Waals surface area contributed by atoms with Gasteiger partial charge in [0.2, 0.25) is 0 Å². The number of rotatable bonds is 5. The molecule has 3 aromatic rings. The van der Waals surface area contributed by atoms with Crippen LogP contribution >= 0.6 is 23.2 Å². The first kappa shape index (κ1) is 17.3. The van der Waals surface area contributed by atoms with Gasteiger partial charge in [-0.05, 0) is 23.3 Å². The normalized spacial score (nSPS) is 10.6. The summed E-state index contributed by atoms with van der Waals surface area (Å²) in [6.07, 6.45) is 0. The molecule has 6 nitrogen and oxygen atoms in total. The summed E-state index contributed by atoms with van der Waals surface area (Å²) in [7, 11) is 0. The second kappa shape index (κ2) is 7.55. The van der Waals surface area contributed by atoms with Crippen LogP contribution in [-0.4, -0.2) is 20.9 Å². The van der Waals surface area contributed by atoms with Gasteiger partial charge in [0.1, 0.15) is 0 Å². The number of hydrogen-bond donors (Lipinski definition) is 2. The fraction of sp³-hybridized carbons (Fsp3) is 0.118. The summed E-state index contributed by atoms with van der Waals surface area (Å²) in [6, 6.07) is 14.6. The number of carbonyl (C=O) groups is 1. The Labute approximate surface area is 154 Å². The smallest absolute Gasteiger partial charge is 0.275 e. The average Bonchev–Trinajstić information content (AvgIpc) is 2.97. The Morgan fingerprint density at radius 3 is 2.28 bits per heavy atom. The maximum Gasteiger partial charge on any atom is 0.275 e. The van der Waals surface area contributed by atoms with Gasteiger partial charge in [-0.2, -0.15) is 0 Å². The number of nitrogen functional groups attached to an aromatic ring is 1. The third-order valence-corrected chi connectivity index (χ3v) is 4.40. The van der Waals surface area contributed by atoms with Crippen LogP contribution in [0.25, 0.3) is 0 Å². The molecule has 8 heteroatoms. The fourth-order valence-electron chi connectivity index (χ4n) is 2.29. The van der Waals surface area contributed by atoms with Crippen molar-refractivity contribution in [3.8, 4) is 0 Å². The second-order valence-corrected chi connectivity index (χ2v) is 6.16.